The number of Topliss-reactive ketones (excluding diaryl/α,β-unsaturated/α-hetero) is 1. The molecule has 0 saturated heterocycles. The van der Waals surface area contributed by atoms with Gasteiger partial charge in [-0.1, -0.05) is 24.0 Å². The first-order chi connectivity index (χ1) is 17.3. The van der Waals surface area contributed by atoms with Crippen LogP contribution in [0.5, 0.6) is 0 Å². The second-order valence-corrected chi connectivity index (χ2v) is 8.70. The molecule has 37 heavy (non-hydrogen) atoms. The molecule has 3 heterocycles. The maximum Gasteiger partial charge on any atom is 0.435 e. The van der Waals surface area contributed by atoms with Crippen molar-refractivity contribution in [3.05, 3.63) is 47.3 Å². The Morgan fingerprint density at radius 3 is 2.62 bits per heavy atom. The highest BCUT2D eigenvalue weighted by Crippen LogP contribution is 2.45. The van der Waals surface area contributed by atoms with Crippen LogP contribution in [0.15, 0.2) is 51.0 Å². The van der Waals surface area contributed by atoms with Gasteiger partial charge in [0.15, 0.2) is 17.1 Å². The number of nitrogens with zero attached hydrogens (tertiary/aromatic N) is 5. The number of allylic oxidation sites excluding steroid dienone is 2. The third kappa shape index (κ3) is 5.34. The van der Waals surface area contributed by atoms with E-state index in [-0.39, 0.29) is 24.2 Å². The molecule has 2 unspecified atom stereocenters. The SMILES string of the molecule is CN(C)CC#Cc1cnc(C(F)(F)F)c(NC2=NC34N=CN=C(C(F)(F)F)C3=CCC(=O)C4CC=C2)c1. The molecule has 2 aliphatic heterocycles. The minimum Gasteiger partial charge on any atom is -0.339 e. The second-order valence-electron chi connectivity index (χ2n) is 8.70. The van der Waals surface area contributed by atoms with Crippen LogP contribution in [0.2, 0.25) is 0 Å². The average molecular weight is 522 g/mol. The Hall–Kier alpha value is -3.79. The third-order valence-corrected chi connectivity index (χ3v) is 5.73. The topological polar surface area (TPSA) is 82.3 Å². The zero-order valence-corrected chi connectivity index (χ0v) is 19.6. The van der Waals surface area contributed by atoms with Crippen LogP contribution in [0.1, 0.15) is 24.1 Å². The number of rotatable bonds is 2. The van der Waals surface area contributed by atoms with Crippen molar-refractivity contribution in [3.63, 3.8) is 0 Å². The minimum atomic E-state index is -4.86. The van der Waals surface area contributed by atoms with Crippen LogP contribution >= 0.6 is 0 Å². The lowest BCUT2D eigenvalue weighted by Crippen LogP contribution is -2.50. The predicted octanol–water partition coefficient (Wildman–Crippen LogP) is 4.04. The molecular weight excluding hydrogens is 502 g/mol. The average Bonchev–Trinajstić information content (AvgIpc) is 2.96. The van der Waals surface area contributed by atoms with E-state index in [9.17, 15) is 31.1 Å². The molecule has 3 aliphatic rings. The van der Waals surface area contributed by atoms with Crippen LogP contribution in [0.4, 0.5) is 32.0 Å². The van der Waals surface area contributed by atoms with Crippen molar-refractivity contribution in [2.24, 2.45) is 20.9 Å². The molecule has 2 atom stereocenters. The van der Waals surface area contributed by atoms with Gasteiger partial charge in [0.05, 0.1) is 18.2 Å². The van der Waals surface area contributed by atoms with Crippen molar-refractivity contribution in [2.75, 3.05) is 26.0 Å². The molecule has 4 rings (SSSR count). The molecule has 1 aromatic heterocycles. The monoisotopic (exact) mass is 522 g/mol. The first-order valence-corrected chi connectivity index (χ1v) is 11.0. The smallest absolute Gasteiger partial charge is 0.339 e. The lowest BCUT2D eigenvalue weighted by atomic mass is 9.74. The van der Waals surface area contributed by atoms with Gasteiger partial charge < -0.3 is 5.32 Å². The van der Waals surface area contributed by atoms with Gasteiger partial charge in [-0.15, -0.1) is 0 Å². The van der Waals surface area contributed by atoms with Crippen LogP contribution in [-0.4, -0.2) is 66.0 Å². The molecule has 13 heteroatoms. The summed E-state index contributed by atoms with van der Waals surface area (Å²) in [5.74, 6) is 3.81. The molecule has 0 radical (unpaired) electrons. The van der Waals surface area contributed by atoms with Crippen LogP contribution in [-0.2, 0) is 11.0 Å². The van der Waals surface area contributed by atoms with Gasteiger partial charge in [-0.2, -0.15) is 26.3 Å². The molecule has 0 fully saturated rings. The number of pyridine rings is 1. The Morgan fingerprint density at radius 2 is 1.95 bits per heavy atom. The summed E-state index contributed by atoms with van der Waals surface area (Å²) in [5, 5.41) is 2.53. The normalized spacial score (nSPS) is 23.2. The van der Waals surface area contributed by atoms with Gasteiger partial charge in [0.2, 0.25) is 0 Å². The Labute approximate surface area is 207 Å². The number of amidine groups is 1. The predicted molar refractivity (Wildman–Crippen MR) is 125 cm³/mol. The fourth-order valence-electron chi connectivity index (χ4n) is 4.17. The van der Waals surface area contributed by atoms with Crippen LogP contribution in [0, 0.1) is 17.8 Å². The Bertz CT molecular complexity index is 1330. The summed E-state index contributed by atoms with van der Waals surface area (Å²) < 4.78 is 82.4. The van der Waals surface area contributed by atoms with E-state index >= 15 is 0 Å². The van der Waals surface area contributed by atoms with E-state index in [4.69, 9.17) is 0 Å². The van der Waals surface area contributed by atoms with Crippen molar-refractivity contribution in [3.8, 4) is 11.8 Å². The number of carbonyl (C=O) groups excluding carboxylic acids is 1. The standard InChI is InChI=1S/C24H20F6N6O/c1-36(2)10-4-5-14-11-17(21(31-12-14)24(28,29)30)34-19-7-3-6-15-18(37)9-8-16-20(23(25,26)27)32-13-33-22(15,16)35-19/h3,7-8,11-13,15H,6,9-10H2,1-2H3,(H,34,35). The van der Waals surface area contributed by atoms with E-state index in [1.807, 2.05) is 0 Å². The number of alkyl halides is 6. The van der Waals surface area contributed by atoms with Crippen LogP contribution in [0.3, 0.4) is 0 Å². The number of nitrogens with one attached hydrogen (secondary N) is 1. The van der Waals surface area contributed by atoms with E-state index in [1.165, 1.54) is 12.2 Å². The molecule has 7 nitrogen and oxygen atoms in total. The second kappa shape index (κ2) is 9.59. The van der Waals surface area contributed by atoms with Gasteiger partial charge in [-0.3, -0.25) is 9.69 Å². The number of hydrogen-bond donors (Lipinski definition) is 1. The quantitative estimate of drug-likeness (QED) is 0.470. The summed E-state index contributed by atoms with van der Waals surface area (Å²) in [7, 11) is 3.55. The highest BCUT2D eigenvalue weighted by Gasteiger charge is 2.55. The van der Waals surface area contributed by atoms with Crippen LogP contribution < -0.4 is 5.32 Å². The van der Waals surface area contributed by atoms with Crippen LogP contribution in [0.25, 0.3) is 0 Å². The van der Waals surface area contributed by atoms with Crippen molar-refractivity contribution < 1.29 is 31.1 Å². The first kappa shape index (κ1) is 26.3. The fourth-order valence-corrected chi connectivity index (χ4v) is 4.17. The van der Waals surface area contributed by atoms with Crippen molar-refractivity contribution >= 4 is 29.4 Å². The minimum absolute atomic E-state index is 0.0201. The lowest BCUT2D eigenvalue weighted by molar-refractivity contribution is -0.140. The molecule has 0 saturated carbocycles. The summed E-state index contributed by atoms with van der Waals surface area (Å²) in [5.41, 5.74) is -5.27. The van der Waals surface area contributed by atoms with E-state index < -0.39 is 52.4 Å². The highest BCUT2D eigenvalue weighted by atomic mass is 19.4. The lowest BCUT2D eigenvalue weighted by Gasteiger charge is -2.39. The van der Waals surface area contributed by atoms with E-state index in [2.05, 4.69) is 37.1 Å². The maximum atomic E-state index is 13.7. The van der Waals surface area contributed by atoms with Gasteiger partial charge in [0.25, 0.3) is 0 Å². The molecule has 0 amide bonds. The van der Waals surface area contributed by atoms with E-state index in [1.54, 1.807) is 19.0 Å². The Kier molecular flexibility index (Phi) is 6.81. The molecule has 1 aromatic rings. The summed E-state index contributed by atoms with van der Waals surface area (Å²) in [6, 6.07) is 1.13. The number of halogens is 6. The van der Waals surface area contributed by atoms with Gasteiger partial charge in [-0.05, 0) is 32.7 Å². The van der Waals surface area contributed by atoms with Crippen molar-refractivity contribution in [1.82, 2.24) is 9.88 Å². The summed E-state index contributed by atoms with van der Waals surface area (Å²) >= 11 is 0. The van der Waals surface area contributed by atoms with E-state index in [0.717, 1.165) is 18.3 Å². The van der Waals surface area contributed by atoms with E-state index in [0.29, 0.717) is 12.9 Å². The number of carbonyl (C=O) groups is 1. The molecule has 0 bridgehead atoms. The number of aromatic nitrogens is 1. The van der Waals surface area contributed by atoms with Crippen molar-refractivity contribution in [1.29, 1.82) is 0 Å². The summed E-state index contributed by atoms with van der Waals surface area (Å²) in [6.45, 7) is 0.355. The maximum absolute atomic E-state index is 13.7. The number of ketones is 1. The summed E-state index contributed by atoms with van der Waals surface area (Å²) in [6.07, 6.45) is -4.49. The van der Waals surface area contributed by atoms with Gasteiger partial charge in [-0.25, -0.2) is 20.0 Å². The Morgan fingerprint density at radius 1 is 1.19 bits per heavy atom. The first-order valence-electron chi connectivity index (χ1n) is 11.0. The molecule has 1 spiro atoms. The largest absolute Gasteiger partial charge is 0.435 e. The zero-order chi connectivity index (χ0) is 27.0. The molecule has 1 N–H and O–H groups in total. The number of hydrogen-bond acceptors (Lipinski definition) is 7. The molecule has 1 aliphatic carbocycles. The van der Waals surface area contributed by atoms with Gasteiger partial charge in [0.1, 0.15) is 18.0 Å². The molecular formula is C24H20F6N6O. The highest BCUT2D eigenvalue weighted by molar-refractivity contribution is 6.14. The van der Waals surface area contributed by atoms with Gasteiger partial charge >= 0.3 is 12.4 Å². The number of anilines is 1. The van der Waals surface area contributed by atoms with Crippen molar-refractivity contribution in [2.45, 2.75) is 30.9 Å². The summed E-state index contributed by atoms with van der Waals surface area (Å²) in [4.78, 5) is 29.7. The zero-order valence-electron chi connectivity index (χ0n) is 19.6. The molecule has 194 valence electrons. The number of aliphatic imine (C=N–C) groups is 3. The third-order valence-electron chi connectivity index (χ3n) is 5.73. The fraction of sp³-hybridized carbons (Fsp3) is 0.375. The Balaban J connectivity index is 1.80. The molecule has 0 aromatic carbocycles. The van der Waals surface area contributed by atoms with Gasteiger partial charge in [0, 0.05) is 23.8 Å².